The number of aliphatic hydroxyl groups excluding tert-OH is 2. The Morgan fingerprint density at radius 2 is 1.86 bits per heavy atom. The monoisotopic (exact) mass is 406 g/mol. The van der Waals surface area contributed by atoms with Gasteiger partial charge in [-0.05, 0) is 92.3 Å². The first kappa shape index (κ1) is 20.7. The molecule has 5 fully saturated rings. The van der Waals surface area contributed by atoms with Gasteiger partial charge in [-0.25, -0.2) is 0 Å². The average Bonchev–Trinajstić information content (AvgIpc) is 3.61. The summed E-state index contributed by atoms with van der Waals surface area (Å²) in [7, 11) is 1.92. The molecule has 4 heteroatoms. The van der Waals surface area contributed by atoms with Gasteiger partial charge in [0.2, 0.25) is 0 Å². The summed E-state index contributed by atoms with van der Waals surface area (Å²) in [6.07, 6.45) is 7.54. The topological polar surface area (TPSA) is 69.9 Å². The van der Waals surface area contributed by atoms with E-state index in [4.69, 9.17) is 4.74 Å². The van der Waals surface area contributed by atoms with Crippen LogP contribution >= 0.6 is 0 Å². The van der Waals surface area contributed by atoms with Gasteiger partial charge in [-0.1, -0.05) is 20.8 Å². The number of rotatable bonds is 7. The van der Waals surface area contributed by atoms with Gasteiger partial charge in [-0.2, -0.15) is 0 Å². The van der Waals surface area contributed by atoms with Crippen LogP contribution in [0.1, 0.15) is 72.1 Å². The Morgan fingerprint density at radius 1 is 1.14 bits per heavy atom. The number of fused-ring (bicyclic) bond motifs is 7. The van der Waals surface area contributed by atoms with Crippen molar-refractivity contribution in [3.05, 3.63) is 0 Å². The van der Waals surface area contributed by atoms with E-state index in [-0.39, 0.29) is 29.6 Å². The van der Waals surface area contributed by atoms with E-state index in [2.05, 4.69) is 13.8 Å². The first-order chi connectivity index (χ1) is 13.8. The second-order valence-corrected chi connectivity index (χ2v) is 11.7. The highest BCUT2D eigenvalue weighted by atomic mass is 16.5. The van der Waals surface area contributed by atoms with E-state index < -0.39 is 5.60 Å². The molecule has 5 rings (SSSR count). The molecule has 29 heavy (non-hydrogen) atoms. The highest BCUT2D eigenvalue weighted by molar-refractivity contribution is 5.28. The van der Waals surface area contributed by atoms with Crippen molar-refractivity contribution in [3.8, 4) is 0 Å². The molecule has 0 spiro atoms. The molecule has 12 atom stereocenters. The van der Waals surface area contributed by atoms with Crippen molar-refractivity contribution in [2.24, 2.45) is 52.8 Å². The van der Waals surface area contributed by atoms with Gasteiger partial charge in [0, 0.05) is 25.6 Å². The first-order valence-electron chi connectivity index (χ1n) is 12.4. The minimum absolute atomic E-state index is 0.0597. The first-order valence-corrected chi connectivity index (χ1v) is 12.4. The third-order valence-corrected chi connectivity index (χ3v) is 11.0. The van der Waals surface area contributed by atoms with Crippen LogP contribution in [0.5, 0.6) is 0 Å². The lowest BCUT2D eigenvalue weighted by Crippen LogP contribution is -2.59. The SMILES string of the molecule is CCC(O)CC1(O)C(C)C2CCC3(C)C(C4CC4C3(CCCO)OC)C2C2CC21. The molecule has 5 saturated carbocycles. The summed E-state index contributed by atoms with van der Waals surface area (Å²) in [6, 6.07) is 0. The lowest BCUT2D eigenvalue weighted by atomic mass is 9.48. The minimum Gasteiger partial charge on any atom is -0.396 e. The van der Waals surface area contributed by atoms with Crippen LogP contribution in [0.25, 0.3) is 0 Å². The molecule has 3 N–H and O–H groups in total. The summed E-state index contributed by atoms with van der Waals surface area (Å²) in [6.45, 7) is 7.06. The summed E-state index contributed by atoms with van der Waals surface area (Å²) in [5.41, 5.74) is -0.529. The molecular formula is C25H42O4. The molecule has 166 valence electrons. The second kappa shape index (κ2) is 6.67. The normalized spacial score (nSPS) is 58.0. The third-order valence-electron chi connectivity index (χ3n) is 11.0. The van der Waals surface area contributed by atoms with E-state index in [0.29, 0.717) is 41.9 Å². The minimum atomic E-state index is -0.675. The van der Waals surface area contributed by atoms with Crippen LogP contribution in [-0.4, -0.2) is 46.3 Å². The van der Waals surface area contributed by atoms with Gasteiger partial charge in [-0.15, -0.1) is 0 Å². The molecule has 0 heterocycles. The molecule has 5 aliphatic rings. The van der Waals surface area contributed by atoms with Gasteiger partial charge < -0.3 is 20.1 Å². The molecule has 0 radical (unpaired) electrons. The Bertz CT molecular complexity index is 653. The van der Waals surface area contributed by atoms with E-state index >= 15 is 0 Å². The molecule has 4 nitrogen and oxygen atoms in total. The zero-order valence-corrected chi connectivity index (χ0v) is 18.8. The van der Waals surface area contributed by atoms with Crippen molar-refractivity contribution >= 4 is 0 Å². The van der Waals surface area contributed by atoms with Crippen molar-refractivity contribution in [2.45, 2.75) is 89.4 Å². The quantitative estimate of drug-likeness (QED) is 0.604. The highest BCUT2D eigenvalue weighted by Gasteiger charge is 2.79. The van der Waals surface area contributed by atoms with Crippen LogP contribution in [0, 0.1) is 52.8 Å². The lowest BCUT2D eigenvalue weighted by Gasteiger charge is -2.59. The average molecular weight is 407 g/mol. The zero-order valence-electron chi connectivity index (χ0n) is 18.8. The van der Waals surface area contributed by atoms with Crippen LogP contribution < -0.4 is 0 Å². The smallest absolute Gasteiger partial charge is 0.0766 e. The Hall–Kier alpha value is -0.160. The summed E-state index contributed by atoms with van der Waals surface area (Å²) in [4.78, 5) is 0. The Morgan fingerprint density at radius 3 is 2.52 bits per heavy atom. The number of aliphatic hydroxyl groups is 3. The van der Waals surface area contributed by atoms with Crippen molar-refractivity contribution in [2.75, 3.05) is 13.7 Å². The predicted molar refractivity (Wildman–Crippen MR) is 112 cm³/mol. The van der Waals surface area contributed by atoms with Crippen LogP contribution in [0.15, 0.2) is 0 Å². The van der Waals surface area contributed by atoms with Crippen LogP contribution in [-0.2, 0) is 4.74 Å². The van der Waals surface area contributed by atoms with E-state index in [1.807, 2.05) is 14.0 Å². The number of methoxy groups -OCH3 is 1. The highest BCUT2D eigenvalue weighted by Crippen LogP contribution is 2.80. The van der Waals surface area contributed by atoms with Crippen LogP contribution in [0.4, 0.5) is 0 Å². The zero-order chi connectivity index (χ0) is 20.8. The van der Waals surface area contributed by atoms with E-state index in [9.17, 15) is 15.3 Å². The van der Waals surface area contributed by atoms with Crippen molar-refractivity contribution < 1.29 is 20.1 Å². The molecule has 0 aromatic rings. The fraction of sp³-hybridized carbons (Fsp3) is 1.00. The number of hydrogen-bond acceptors (Lipinski definition) is 4. The molecule has 12 unspecified atom stereocenters. The summed E-state index contributed by atoms with van der Waals surface area (Å²) in [5.74, 6) is 4.76. The fourth-order valence-electron chi connectivity index (χ4n) is 9.59. The van der Waals surface area contributed by atoms with Gasteiger partial charge in [0.1, 0.15) is 0 Å². The maximum absolute atomic E-state index is 11.7. The largest absolute Gasteiger partial charge is 0.396 e. The van der Waals surface area contributed by atoms with Crippen molar-refractivity contribution in [3.63, 3.8) is 0 Å². The summed E-state index contributed by atoms with van der Waals surface area (Å²) >= 11 is 0. The van der Waals surface area contributed by atoms with E-state index in [1.165, 1.54) is 19.3 Å². The molecular weight excluding hydrogens is 364 g/mol. The van der Waals surface area contributed by atoms with E-state index in [1.54, 1.807) is 0 Å². The Labute approximate surface area is 176 Å². The van der Waals surface area contributed by atoms with Crippen LogP contribution in [0.2, 0.25) is 0 Å². The number of ether oxygens (including phenoxy) is 1. The second-order valence-electron chi connectivity index (χ2n) is 11.7. The van der Waals surface area contributed by atoms with Gasteiger partial charge in [-0.3, -0.25) is 0 Å². The van der Waals surface area contributed by atoms with Gasteiger partial charge >= 0.3 is 0 Å². The third kappa shape index (κ3) is 2.52. The fourth-order valence-corrected chi connectivity index (χ4v) is 9.59. The summed E-state index contributed by atoms with van der Waals surface area (Å²) < 4.78 is 6.40. The molecule has 0 aliphatic heterocycles. The molecule has 5 aliphatic carbocycles. The molecule has 0 aromatic heterocycles. The maximum Gasteiger partial charge on any atom is 0.0766 e. The maximum atomic E-state index is 11.7. The molecule has 0 bridgehead atoms. The molecule has 0 aromatic carbocycles. The molecule has 0 saturated heterocycles. The summed E-state index contributed by atoms with van der Waals surface area (Å²) in [5, 5.41) is 31.6. The van der Waals surface area contributed by atoms with Gasteiger partial charge in [0.25, 0.3) is 0 Å². The van der Waals surface area contributed by atoms with Gasteiger partial charge in [0.05, 0.1) is 17.3 Å². The van der Waals surface area contributed by atoms with Crippen molar-refractivity contribution in [1.82, 2.24) is 0 Å². The van der Waals surface area contributed by atoms with Crippen LogP contribution in [0.3, 0.4) is 0 Å². The molecule has 0 amide bonds. The van der Waals surface area contributed by atoms with Crippen molar-refractivity contribution in [1.29, 1.82) is 0 Å². The standard InChI is InChI=1S/C25H42O4/c1-5-15(27)13-24(28)14(2)16-7-9-23(3)22(21(16)17-11-19(17)24)18-12-20(18)25(23,29-4)8-6-10-26/h14-22,26-28H,5-13H2,1-4H3. The Balaban J connectivity index is 1.45. The number of hydrogen-bond donors (Lipinski definition) is 3. The predicted octanol–water partition coefficient (Wildman–Crippen LogP) is 3.62. The Kier molecular flexibility index (Phi) is 4.77. The lowest BCUT2D eigenvalue weighted by molar-refractivity contribution is -0.191. The van der Waals surface area contributed by atoms with Gasteiger partial charge in [0.15, 0.2) is 0 Å². The van der Waals surface area contributed by atoms with E-state index in [0.717, 1.165) is 31.6 Å².